The first-order valence-electron chi connectivity index (χ1n) is 9.07. The van der Waals surface area contributed by atoms with Crippen molar-refractivity contribution in [3.63, 3.8) is 0 Å². The van der Waals surface area contributed by atoms with Gasteiger partial charge >= 0.3 is 0 Å². The molecule has 1 aromatic carbocycles. The number of H-pyrrole nitrogens is 1. The molecule has 2 heterocycles. The van der Waals surface area contributed by atoms with Crippen molar-refractivity contribution < 1.29 is 4.79 Å². The molecule has 24 heavy (non-hydrogen) atoms. The molecule has 5 nitrogen and oxygen atoms in total. The number of para-hydroxylation sites is 1. The number of piperidine rings is 1. The Balaban J connectivity index is 1.40. The van der Waals surface area contributed by atoms with Gasteiger partial charge in [-0.25, -0.2) is 0 Å². The number of carbonyl (C=O) groups is 1. The molecule has 5 heteroatoms. The fraction of sp³-hybridized carbons (Fsp3) is 0.579. The predicted molar refractivity (Wildman–Crippen MR) is 97.0 cm³/mol. The van der Waals surface area contributed by atoms with Gasteiger partial charge in [0.15, 0.2) is 5.69 Å². The van der Waals surface area contributed by atoms with E-state index in [-0.39, 0.29) is 5.91 Å². The Morgan fingerprint density at radius 3 is 2.79 bits per heavy atom. The molecule has 1 aliphatic heterocycles. The van der Waals surface area contributed by atoms with Crippen molar-refractivity contribution in [1.82, 2.24) is 20.4 Å². The Morgan fingerprint density at radius 2 is 2.00 bits per heavy atom. The number of rotatable bonds is 6. The van der Waals surface area contributed by atoms with Gasteiger partial charge in [0.25, 0.3) is 5.91 Å². The van der Waals surface area contributed by atoms with E-state index in [4.69, 9.17) is 0 Å². The molecular weight excluding hydrogens is 300 g/mol. The van der Waals surface area contributed by atoms with Crippen LogP contribution in [0, 0.1) is 11.8 Å². The lowest BCUT2D eigenvalue weighted by atomic mass is 9.92. The Labute approximate surface area is 143 Å². The largest absolute Gasteiger partial charge is 0.351 e. The average Bonchev–Trinajstić information content (AvgIpc) is 2.97. The number of unbranched alkanes of at least 4 members (excludes halogenated alkanes) is 1. The van der Waals surface area contributed by atoms with Crippen molar-refractivity contribution in [2.45, 2.75) is 33.1 Å². The third-order valence-corrected chi connectivity index (χ3v) is 4.82. The van der Waals surface area contributed by atoms with Gasteiger partial charge < -0.3 is 10.2 Å². The van der Waals surface area contributed by atoms with Crippen LogP contribution < -0.4 is 5.32 Å². The van der Waals surface area contributed by atoms with Crippen molar-refractivity contribution in [1.29, 1.82) is 0 Å². The molecule has 2 atom stereocenters. The Morgan fingerprint density at radius 1 is 1.25 bits per heavy atom. The standard InChI is InChI=1S/C19H28N4O/c1-14-11-15(2)13-23(12-14)10-6-5-9-20-19(24)18-16-7-3-4-8-17(16)21-22-18/h3-4,7-8,14-15H,5-6,9-13H2,1-2H3,(H,20,24)(H,21,22). The van der Waals surface area contributed by atoms with Gasteiger partial charge in [0.1, 0.15) is 0 Å². The second kappa shape index (κ2) is 7.79. The number of fused-ring (bicyclic) bond motifs is 1. The molecule has 3 rings (SSSR count). The van der Waals surface area contributed by atoms with Crippen LogP contribution in [-0.4, -0.2) is 47.2 Å². The summed E-state index contributed by atoms with van der Waals surface area (Å²) in [4.78, 5) is 14.8. The van der Waals surface area contributed by atoms with Gasteiger partial charge in [-0.3, -0.25) is 9.89 Å². The first-order chi connectivity index (χ1) is 11.6. The second-order valence-corrected chi connectivity index (χ2v) is 7.29. The maximum absolute atomic E-state index is 12.3. The highest BCUT2D eigenvalue weighted by atomic mass is 16.1. The van der Waals surface area contributed by atoms with E-state index in [0.717, 1.165) is 42.1 Å². The van der Waals surface area contributed by atoms with Gasteiger partial charge in [-0.1, -0.05) is 32.0 Å². The highest BCUT2D eigenvalue weighted by Crippen LogP contribution is 2.21. The minimum Gasteiger partial charge on any atom is -0.351 e. The fourth-order valence-electron chi connectivity index (χ4n) is 3.86. The molecule has 130 valence electrons. The van der Waals surface area contributed by atoms with Gasteiger partial charge in [0.05, 0.1) is 5.52 Å². The lowest BCUT2D eigenvalue weighted by Crippen LogP contribution is -2.39. The van der Waals surface area contributed by atoms with Crippen molar-refractivity contribution in [2.75, 3.05) is 26.2 Å². The molecule has 2 unspecified atom stereocenters. The van der Waals surface area contributed by atoms with Gasteiger partial charge in [-0.05, 0) is 43.7 Å². The van der Waals surface area contributed by atoms with E-state index in [1.165, 1.54) is 19.5 Å². The zero-order valence-electron chi connectivity index (χ0n) is 14.7. The first kappa shape index (κ1) is 17.0. The number of likely N-dealkylation sites (tertiary alicyclic amines) is 1. The quantitative estimate of drug-likeness (QED) is 0.801. The SMILES string of the molecule is CC1CC(C)CN(CCCCNC(=O)c2n[nH]c3ccccc23)C1. The third-order valence-electron chi connectivity index (χ3n) is 4.82. The van der Waals surface area contributed by atoms with E-state index in [1.54, 1.807) is 0 Å². The fourth-order valence-corrected chi connectivity index (χ4v) is 3.86. The lowest BCUT2D eigenvalue weighted by molar-refractivity contribution is 0.0948. The van der Waals surface area contributed by atoms with Crippen LogP contribution in [0.15, 0.2) is 24.3 Å². The van der Waals surface area contributed by atoms with Crippen LogP contribution in [0.25, 0.3) is 10.9 Å². The Kier molecular flexibility index (Phi) is 5.51. The van der Waals surface area contributed by atoms with Crippen molar-refractivity contribution >= 4 is 16.8 Å². The van der Waals surface area contributed by atoms with Crippen molar-refractivity contribution in [3.05, 3.63) is 30.0 Å². The van der Waals surface area contributed by atoms with E-state index in [2.05, 4.69) is 34.3 Å². The van der Waals surface area contributed by atoms with E-state index < -0.39 is 0 Å². The number of hydrogen-bond donors (Lipinski definition) is 2. The van der Waals surface area contributed by atoms with E-state index in [9.17, 15) is 4.79 Å². The summed E-state index contributed by atoms with van der Waals surface area (Å²) in [7, 11) is 0. The van der Waals surface area contributed by atoms with Crippen LogP contribution in [0.5, 0.6) is 0 Å². The number of carbonyl (C=O) groups excluding carboxylic acids is 1. The van der Waals surface area contributed by atoms with Gasteiger partial charge in [-0.2, -0.15) is 5.10 Å². The zero-order valence-corrected chi connectivity index (χ0v) is 14.7. The van der Waals surface area contributed by atoms with E-state index in [0.29, 0.717) is 12.2 Å². The molecule has 0 radical (unpaired) electrons. The second-order valence-electron chi connectivity index (χ2n) is 7.29. The molecule has 1 fully saturated rings. The summed E-state index contributed by atoms with van der Waals surface area (Å²) in [6, 6.07) is 7.71. The number of nitrogens with one attached hydrogen (secondary N) is 2. The molecule has 1 aromatic heterocycles. The number of benzene rings is 1. The molecule has 1 saturated heterocycles. The predicted octanol–water partition coefficient (Wildman–Crippen LogP) is 3.05. The summed E-state index contributed by atoms with van der Waals surface area (Å²) in [5.41, 5.74) is 1.39. The molecule has 2 aromatic rings. The van der Waals surface area contributed by atoms with Gasteiger partial charge in [-0.15, -0.1) is 0 Å². The maximum Gasteiger partial charge on any atom is 0.272 e. The van der Waals surface area contributed by atoms with Gasteiger partial charge in [0, 0.05) is 25.0 Å². The highest BCUT2D eigenvalue weighted by molar-refractivity contribution is 6.04. The summed E-state index contributed by atoms with van der Waals surface area (Å²) in [5, 5.41) is 10.9. The molecule has 0 spiro atoms. The number of amides is 1. The van der Waals surface area contributed by atoms with Gasteiger partial charge in [0.2, 0.25) is 0 Å². The number of aromatic nitrogens is 2. The molecule has 1 amide bonds. The third kappa shape index (κ3) is 4.15. The Bertz CT molecular complexity index is 671. The van der Waals surface area contributed by atoms with Crippen LogP contribution >= 0.6 is 0 Å². The highest BCUT2D eigenvalue weighted by Gasteiger charge is 2.21. The molecular formula is C19H28N4O. The van der Waals surface area contributed by atoms with Crippen LogP contribution in [-0.2, 0) is 0 Å². The average molecular weight is 328 g/mol. The minimum atomic E-state index is -0.0901. The first-order valence-corrected chi connectivity index (χ1v) is 9.07. The normalized spacial score (nSPS) is 21.9. The summed E-state index contributed by atoms with van der Waals surface area (Å²) in [5.74, 6) is 1.52. The summed E-state index contributed by atoms with van der Waals surface area (Å²) < 4.78 is 0. The number of nitrogens with zero attached hydrogens (tertiary/aromatic N) is 2. The lowest BCUT2D eigenvalue weighted by Gasteiger charge is -2.34. The Hall–Kier alpha value is -1.88. The summed E-state index contributed by atoms with van der Waals surface area (Å²) in [6.07, 6.45) is 3.48. The van der Waals surface area contributed by atoms with E-state index >= 15 is 0 Å². The van der Waals surface area contributed by atoms with Crippen molar-refractivity contribution in [3.8, 4) is 0 Å². The monoisotopic (exact) mass is 328 g/mol. The summed E-state index contributed by atoms with van der Waals surface area (Å²) >= 11 is 0. The van der Waals surface area contributed by atoms with Crippen LogP contribution in [0.3, 0.4) is 0 Å². The van der Waals surface area contributed by atoms with Crippen molar-refractivity contribution in [2.24, 2.45) is 11.8 Å². The zero-order chi connectivity index (χ0) is 16.9. The molecule has 0 saturated carbocycles. The smallest absolute Gasteiger partial charge is 0.272 e. The number of aromatic amines is 1. The maximum atomic E-state index is 12.3. The minimum absolute atomic E-state index is 0.0901. The molecule has 0 bridgehead atoms. The number of hydrogen-bond acceptors (Lipinski definition) is 3. The van der Waals surface area contributed by atoms with E-state index in [1.807, 2.05) is 24.3 Å². The topological polar surface area (TPSA) is 61.0 Å². The van der Waals surface area contributed by atoms with Crippen LogP contribution in [0.4, 0.5) is 0 Å². The van der Waals surface area contributed by atoms with Crippen LogP contribution in [0.1, 0.15) is 43.6 Å². The molecule has 0 aliphatic carbocycles. The van der Waals surface area contributed by atoms with Crippen LogP contribution in [0.2, 0.25) is 0 Å². The molecule has 2 N–H and O–H groups in total. The molecule has 1 aliphatic rings. The summed E-state index contributed by atoms with van der Waals surface area (Å²) in [6.45, 7) is 8.97.